The lowest BCUT2D eigenvalue weighted by Gasteiger charge is -2.14. The molecule has 2 unspecified atom stereocenters. The van der Waals surface area contributed by atoms with Crippen molar-refractivity contribution >= 4 is 0 Å². The van der Waals surface area contributed by atoms with E-state index in [1.54, 1.807) is 0 Å². The van der Waals surface area contributed by atoms with E-state index in [2.05, 4.69) is 23.5 Å². The number of likely N-dealkylation sites (N-methyl/N-ethyl adjacent to an activating group) is 1. The van der Waals surface area contributed by atoms with Crippen molar-refractivity contribution < 1.29 is 0 Å². The van der Waals surface area contributed by atoms with Crippen LogP contribution in [0.5, 0.6) is 0 Å². The molecule has 0 fully saturated rings. The number of hydrogen-bond donors (Lipinski definition) is 1. The number of aryl methyl sites for hydroxylation is 1. The van der Waals surface area contributed by atoms with Gasteiger partial charge in [0.05, 0.1) is 5.69 Å². The lowest BCUT2D eigenvalue weighted by molar-refractivity contribution is 0.472. The first-order valence-electron chi connectivity index (χ1n) is 4.89. The summed E-state index contributed by atoms with van der Waals surface area (Å²) < 4.78 is 1.93. The van der Waals surface area contributed by atoms with Crippen molar-refractivity contribution in [1.82, 2.24) is 15.1 Å². The fourth-order valence-corrected chi connectivity index (χ4v) is 2.31. The Kier molecular flexibility index (Phi) is 2.12. The van der Waals surface area contributed by atoms with Crippen molar-refractivity contribution in [2.45, 2.75) is 19.3 Å². The molecule has 13 heavy (non-hydrogen) atoms. The van der Waals surface area contributed by atoms with E-state index in [-0.39, 0.29) is 0 Å². The second-order valence-corrected chi connectivity index (χ2v) is 4.05. The molecule has 0 spiro atoms. The van der Waals surface area contributed by atoms with Gasteiger partial charge in [-0.15, -0.1) is 0 Å². The Labute approximate surface area is 79.1 Å². The van der Waals surface area contributed by atoms with Gasteiger partial charge < -0.3 is 5.32 Å². The molecule has 72 valence electrons. The van der Waals surface area contributed by atoms with E-state index in [0.717, 1.165) is 18.9 Å². The van der Waals surface area contributed by atoms with Crippen molar-refractivity contribution in [1.29, 1.82) is 0 Å². The average molecular weight is 179 g/mol. The van der Waals surface area contributed by atoms with Crippen LogP contribution >= 0.6 is 0 Å². The van der Waals surface area contributed by atoms with Crippen molar-refractivity contribution in [3.63, 3.8) is 0 Å². The normalized spacial score (nSPS) is 26.4. The Hall–Kier alpha value is -0.830. The van der Waals surface area contributed by atoms with Gasteiger partial charge in [0.1, 0.15) is 0 Å². The summed E-state index contributed by atoms with van der Waals surface area (Å²) >= 11 is 0. The van der Waals surface area contributed by atoms with Crippen LogP contribution in [-0.2, 0) is 13.5 Å². The fourth-order valence-electron chi connectivity index (χ4n) is 2.31. The van der Waals surface area contributed by atoms with Gasteiger partial charge in [-0.2, -0.15) is 5.10 Å². The topological polar surface area (TPSA) is 29.9 Å². The smallest absolute Gasteiger partial charge is 0.0662 e. The first-order valence-corrected chi connectivity index (χ1v) is 4.89. The molecular weight excluding hydrogens is 162 g/mol. The predicted octanol–water partition coefficient (Wildman–Crippen LogP) is 0.915. The van der Waals surface area contributed by atoms with Gasteiger partial charge in [-0.1, -0.05) is 6.92 Å². The van der Waals surface area contributed by atoms with Crippen LogP contribution in [0.3, 0.4) is 0 Å². The summed E-state index contributed by atoms with van der Waals surface area (Å²) in [5.74, 6) is 1.40. The van der Waals surface area contributed by atoms with Gasteiger partial charge in [0.2, 0.25) is 0 Å². The zero-order chi connectivity index (χ0) is 9.42. The lowest BCUT2D eigenvalue weighted by atomic mass is 9.95. The van der Waals surface area contributed by atoms with E-state index >= 15 is 0 Å². The maximum atomic E-state index is 4.46. The minimum Gasteiger partial charge on any atom is -0.319 e. The highest BCUT2D eigenvalue weighted by molar-refractivity contribution is 5.29. The molecule has 0 saturated carbocycles. The zero-order valence-corrected chi connectivity index (χ0v) is 8.54. The summed E-state index contributed by atoms with van der Waals surface area (Å²) in [6.45, 7) is 3.38. The Morgan fingerprint density at radius 1 is 1.69 bits per heavy atom. The first kappa shape index (κ1) is 8.75. The van der Waals surface area contributed by atoms with Crippen LogP contribution in [-0.4, -0.2) is 23.4 Å². The SMILES string of the molecule is CNCC1c2cn(C)nc2CC1C. The van der Waals surface area contributed by atoms with Crippen LogP contribution < -0.4 is 5.32 Å². The standard InChI is InChI=1S/C10H17N3/c1-7-4-10-9(6-13(3)12-10)8(7)5-11-2/h6-8,11H,4-5H2,1-3H3. The molecule has 1 aromatic heterocycles. The largest absolute Gasteiger partial charge is 0.319 e. The monoisotopic (exact) mass is 179 g/mol. The minimum atomic E-state index is 0.661. The molecule has 0 aliphatic heterocycles. The highest BCUT2D eigenvalue weighted by Crippen LogP contribution is 2.36. The molecule has 1 heterocycles. The molecule has 1 aliphatic rings. The number of rotatable bonds is 2. The van der Waals surface area contributed by atoms with Crippen LogP contribution in [0.25, 0.3) is 0 Å². The summed E-state index contributed by atoms with van der Waals surface area (Å²) in [4.78, 5) is 0. The summed E-state index contributed by atoms with van der Waals surface area (Å²) in [6.07, 6.45) is 3.31. The summed E-state index contributed by atoms with van der Waals surface area (Å²) in [6, 6.07) is 0. The van der Waals surface area contributed by atoms with E-state index in [9.17, 15) is 0 Å². The molecule has 0 bridgehead atoms. The summed E-state index contributed by atoms with van der Waals surface area (Å²) in [5, 5.41) is 7.72. The Balaban J connectivity index is 2.27. The fraction of sp³-hybridized carbons (Fsp3) is 0.700. The Morgan fingerprint density at radius 2 is 2.46 bits per heavy atom. The molecule has 0 amide bonds. The molecule has 3 heteroatoms. The number of aromatic nitrogens is 2. The van der Waals surface area contributed by atoms with Gasteiger partial charge in [-0.3, -0.25) is 4.68 Å². The second kappa shape index (κ2) is 3.14. The molecule has 1 N–H and O–H groups in total. The maximum absolute atomic E-state index is 4.46. The zero-order valence-electron chi connectivity index (χ0n) is 8.54. The molecule has 0 radical (unpaired) electrons. The third-order valence-corrected chi connectivity index (χ3v) is 2.96. The molecule has 1 aliphatic carbocycles. The van der Waals surface area contributed by atoms with E-state index in [4.69, 9.17) is 0 Å². The quantitative estimate of drug-likeness (QED) is 0.731. The predicted molar refractivity (Wildman–Crippen MR) is 52.7 cm³/mol. The second-order valence-electron chi connectivity index (χ2n) is 4.05. The third kappa shape index (κ3) is 1.37. The van der Waals surface area contributed by atoms with E-state index in [1.165, 1.54) is 11.3 Å². The van der Waals surface area contributed by atoms with E-state index in [0.29, 0.717) is 5.92 Å². The van der Waals surface area contributed by atoms with Gasteiger partial charge in [-0.05, 0) is 24.9 Å². The van der Waals surface area contributed by atoms with Crippen LogP contribution in [0.1, 0.15) is 24.1 Å². The molecule has 1 aromatic rings. The summed E-state index contributed by atoms with van der Waals surface area (Å²) in [5.41, 5.74) is 2.75. The minimum absolute atomic E-state index is 0.661. The molecule has 2 rings (SSSR count). The Morgan fingerprint density at radius 3 is 3.15 bits per heavy atom. The third-order valence-electron chi connectivity index (χ3n) is 2.96. The lowest BCUT2D eigenvalue weighted by Crippen LogP contribution is -2.19. The molecular formula is C10H17N3. The van der Waals surface area contributed by atoms with Crippen LogP contribution in [0, 0.1) is 5.92 Å². The van der Waals surface area contributed by atoms with Gasteiger partial charge in [-0.25, -0.2) is 0 Å². The number of fused-ring (bicyclic) bond motifs is 1. The molecule has 2 atom stereocenters. The van der Waals surface area contributed by atoms with E-state index in [1.807, 2.05) is 18.8 Å². The molecule has 0 aromatic carbocycles. The highest BCUT2D eigenvalue weighted by Gasteiger charge is 2.31. The number of nitrogens with one attached hydrogen (secondary N) is 1. The summed E-state index contributed by atoms with van der Waals surface area (Å²) in [7, 11) is 4.01. The van der Waals surface area contributed by atoms with Gasteiger partial charge in [0, 0.05) is 25.7 Å². The number of nitrogens with zero attached hydrogens (tertiary/aromatic N) is 2. The first-order chi connectivity index (χ1) is 6.22. The Bertz CT molecular complexity index is 303. The van der Waals surface area contributed by atoms with Crippen molar-refractivity contribution in [3.05, 3.63) is 17.5 Å². The van der Waals surface area contributed by atoms with Gasteiger partial charge >= 0.3 is 0 Å². The molecule has 0 saturated heterocycles. The average Bonchev–Trinajstić information content (AvgIpc) is 2.52. The van der Waals surface area contributed by atoms with Crippen LogP contribution in [0.4, 0.5) is 0 Å². The van der Waals surface area contributed by atoms with Crippen molar-refractivity contribution in [2.75, 3.05) is 13.6 Å². The van der Waals surface area contributed by atoms with Crippen LogP contribution in [0.15, 0.2) is 6.20 Å². The van der Waals surface area contributed by atoms with Crippen molar-refractivity contribution in [3.8, 4) is 0 Å². The highest BCUT2D eigenvalue weighted by atomic mass is 15.3. The van der Waals surface area contributed by atoms with Crippen molar-refractivity contribution in [2.24, 2.45) is 13.0 Å². The van der Waals surface area contributed by atoms with Gasteiger partial charge in [0.15, 0.2) is 0 Å². The maximum Gasteiger partial charge on any atom is 0.0662 e. The van der Waals surface area contributed by atoms with E-state index < -0.39 is 0 Å². The van der Waals surface area contributed by atoms with Gasteiger partial charge in [0.25, 0.3) is 0 Å². The molecule has 3 nitrogen and oxygen atoms in total. The van der Waals surface area contributed by atoms with Crippen LogP contribution in [0.2, 0.25) is 0 Å². The number of hydrogen-bond acceptors (Lipinski definition) is 2.